The summed E-state index contributed by atoms with van der Waals surface area (Å²) in [6.07, 6.45) is -7.82. The molecule has 1 amide bonds. The monoisotopic (exact) mass is 490 g/mol. The third-order valence-corrected chi connectivity index (χ3v) is 3.53. The summed E-state index contributed by atoms with van der Waals surface area (Å²) in [6, 6.07) is 0. The van der Waals surface area contributed by atoms with Crippen molar-refractivity contribution in [2.45, 2.75) is 47.6 Å². The van der Waals surface area contributed by atoms with E-state index in [9.17, 15) is 79.4 Å². The minimum absolute atomic E-state index is 1.77. The van der Waals surface area contributed by atoms with Gasteiger partial charge in [-0.3, -0.25) is 4.79 Å². The highest BCUT2D eigenvalue weighted by molar-refractivity contribution is 5.78. The van der Waals surface area contributed by atoms with Crippen molar-refractivity contribution in [2.75, 3.05) is 0 Å². The summed E-state index contributed by atoms with van der Waals surface area (Å²) in [4.78, 5) is 10.4. The van der Waals surface area contributed by atoms with Gasteiger partial charge in [0.15, 0.2) is 0 Å². The van der Waals surface area contributed by atoms with Gasteiger partial charge in [0.05, 0.1) is 0 Å². The van der Waals surface area contributed by atoms with Crippen LogP contribution >= 0.6 is 0 Å². The number of carbonyl (C=O) groups excluding carboxylic acids is 1. The molecule has 30 heavy (non-hydrogen) atoms. The zero-order chi connectivity index (χ0) is 25.2. The molecule has 1 unspecified atom stereocenters. The lowest BCUT2D eigenvalue weighted by atomic mass is 9.85. The predicted molar refractivity (Wildman–Crippen MR) is 58.7 cm³/mol. The Bertz CT molecular complexity index is 663. The molecule has 2 N–H and O–H groups in total. The molecule has 1 atom stereocenters. The van der Waals surface area contributed by atoms with Gasteiger partial charge in [-0.15, -0.1) is 0 Å². The average molecular weight is 490 g/mol. The molecule has 19 heteroatoms. The van der Waals surface area contributed by atoms with E-state index in [1.807, 2.05) is 0 Å². The Kier molecular flexibility index (Phi) is 6.50. The first-order chi connectivity index (χ1) is 12.6. The SMILES string of the molecule is [CH2]C(C(N)=O)C(F)(F)C(F)(F)C(F)(F)C(F)(F)C(F)(F)C(F)(F)C(F)(F)C(F)(F)F. The maximum Gasteiger partial charge on any atom is 0.460 e. The lowest BCUT2D eigenvalue weighted by molar-refractivity contribution is -0.462. The maximum absolute atomic E-state index is 13.3. The summed E-state index contributed by atoms with van der Waals surface area (Å²) in [5, 5.41) is 0. The van der Waals surface area contributed by atoms with E-state index in [0.717, 1.165) is 0 Å². The summed E-state index contributed by atoms with van der Waals surface area (Å²) in [6.45, 7) is 1.77. The molecule has 0 rings (SSSR count). The van der Waals surface area contributed by atoms with Crippen LogP contribution in [0.4, 0.5) is 74.6 Å². The van der Waals surface area contributed by atoms with E-state index in [1.165, 1.54) is 0 Å². The summed E-state index contributed by atoms with van der Waals surface area (Å²) >= 11 is 0. The third kappa shape index (κ3) is 3.31. The Labute approximate surface area is 153 Å². The van der Waals surface area contributed by atoms with E-state index < -0.39 is 59.5 Å². The molecular formula is C11H5F17NO. The summed E-state index contributed by atoms with van der Waals surface area (Å²) < 4.78 is 219. The van der Waals surface area contributed by atoms with Gasteiger partial charge in [0.25, 0.3) is 0 Å². The van der Waals surface area contributed by atoms with Crippen LogP contribution in [0.3, 0.4) is 0 Å². The van der Waals surface area contributed by atoms with Crippen LogP contribution in [0.1, 0.15) is 0 Å². The molecule has 0 aliphatic carbocycles. The molecule has 0 aromatic heterocycles. The Morgan fingerprint density at radius 3 is 1.00 bits per heavy atom. The van der Waals surface area contributed by atoms with Crippen molar-refractivity contribution in [2.24, 2.45) is 11.7 Å². The fourth-order valence-corrected chi connectivity index (χ4v) is 1.57. The fraction of sp³-hybridized carbons (Fsp3) is 0.818. The van der Waals surface area contributed by atoms with Crippen LogP contribution in [0, 0.1) is 12.8 Å². The fourth-order valence-electron chi connectivity index (χ4n) is 1.57. The van der Waals surface area contributed by atoms with Gasteiger partial charge in [-0.2, -0.15) is 74.6 Å². The van der Waals surface area contributed by atoms with Crippen LogP contribution in [0.15, 0.2) is 0 Å². The number of amides is 1. The van der Waals surface area contributed by atoms with E-state index in [0.29, 0.717) is 0 Å². The van der Waals surface area contributed by atoms with Crippen molar-refractivity contribution in [1.29, 1.82) is 0 Å². The van der Waals surface area contributed by atoms with Gasteiger partial charge >= 0.3 is 47.6 Å². The van der Waals surface area contributed by atoms with Crippen molar-refractivity contribution < 1.29 is 79.4 Å². The second kappa shape index (κ2) is 6.89. The first-order valence-corrected chi connectivity index (χ1v) is 6.44. The van der Waals surface area contributed by atoms with E-state index in [4.69, 9.17) is 0 Å². The van der Waals surface area contributed by atoms with Gasteiger partial charge in [0.2, 0.25) is 5.91 Å². The number of hydrogen-bond donors (Lipinski definition) is 1. The Morgan fingerprint density at radius 2 is 0.767 bits per heavy atom. The lowest BCUT2D eigenvalue weighted by Gasteiger charge is -2.43. The van der Waals surface area contributed by atoms with E-state index in [1.54, 1.807) is 6.92 Å². The molecular weight excluding hydrogens is 485 g/mol. The average Bonchev–Trinajstić information content (AvgIpc) is 2.51. The van der Waals surface area contributed by atoms with Crippen molar-refractivity contribution in [3.8, 4) is 0 Å². The van der Waals surface area contributed by atoms with Crippen LogP contribution in [0.2, 0.25) is 0 Å². The molecule has 2 nitrogen and oxygen atoms in total. The van der Waals surface area contributed by atoms with Crippen LogP contribution in [0.5, 0.6) is 0 Å². The smallest absolute Gasteiger partial charge is 0.369 e. The van der Waals surface area contributed by atoms with Crippen molar-refractivity contribution in [3.63, 3.8) is 0 Å². The molecule has 0 bridgehead atoms. The number of rotatable bonds is 8. The van der Waals surface area contributed by atoms with Crippen molar-refractivity contribution >= 4 is 5.91 Å². The summed E-state index contributed by atoms with van der Waals surface area (Å²) in [7, 11) is 0. The van der Waals surface area contributed by atoms with Gasteiger partial charge in [-0.05, 0) is 6.92 Å². The lowest BCUT2D eigenvalue weighted by Crippen LogP contribution is -2.75. The number of carbonyl (C=O) groups is 1. The molecule has 0 heterocycles. The van der Waals surface area contributed by atoms with Gasteiger partial charge in [0.1, 0.15) is 5.92 Å². The minimum Gasteiger partial charge on any atom is -0.369 e. The number of nitrogens with two attached hydrogens (primary N) is 1. The highest BCUT2D eigenvalue weighted by atomic mass is 19.4. The second-order valence-corrected chi connectivity index (χ2v) is 5.52. The Hall–Kier alpha value is -1.72. The molecule has 0 spiro atoms. The first kappa shape index (κ1) is 28.3. The van der Waals surface area contributed by atoms with Crippen LogP contribution in [-0.4, -0.2) is 53.5 Å². The Morgan fingerprint density at radius 1 is 0.533 bits per heavy atom. The van der Waals surface area contributed by atoms with Crippen LogP contribution in [-0.2, 0) is 4.79 Å². The molecule has 0 aromatic carbocycles. The van der Waals surface area contributed by atoms with Gasteiger partial charge in [0, 0.05) is 0 Å². The van der Waals surface area contributed by atoms with Gasteiger partial charge in [-0.1, -0.05) is 0 Å². The van der Waals surface area contributed by atoms with E-state index >= 15 is 0 Å². The van der Waals surface area contributed by atoms with Crippen molar-refractivity contribution in [3.05, 3.63) is 6.92 Å². The molecule has 0 saturated heterocycles. The number of hydrogen-bond acceptors (Lipinski definition) is 1. The highest BCUT2D eigenvalue weighted by Gasteiger charge is 2.95. The molecule has 1 radical (unpaired) electrons. The zero-order valence-corrected chi connectivity index (χ0v) is 13.2. The van der Waals surface area contributed by atoms with Crippen molar-refractivity contribution in [1.82, 2.24) is 0 Å². The largest absolute Gasteiger partial charge is 0.460 e. The van der Waals surface area contributed by atoms with Crippen LogP contribution < -0.4 is 5.73 Å². The molecule has 0 aliphatic rings. The summed E-state index contributed by atoms with van der Waals surface area (Å²) in [5.41, 5.74) is 3.99. The van der Waals surface area contributed by atoms with Gasteiger partial charge in [-0.25, -0.2) is 0 Å². The van der Waals surface area contributed by atoms with E-state index in [-0.39, 0.29) is 0 Å². The Balaban J connectivity index is 6.81. The number of alkyl halides is 17. The highest BCUT2D eigenvalue weighted by Crippen LogP contribution is 2.64. The third-order valence-electron chi connectivity index (χ3n) is 3.53. The topological polar surface area (TPSA) is 43.1 Å². The first-order valence-electron chi connectivity index (χ1n) is 6.44. The number of halogens is 17. The maximum atomic E-state index is 13.3. The molecule has 0 aliphatic heterocycles. The zero-order valence-electron chi connectivity index (χ0n) is 13.2. The van der Waals surface area contributed by atoms with Crippen LogP contribution in [0.25, 0.3) is 0 Å². The molecule has 0 fully saturated rings. The second-order valence-electron chi connectivity index (χ2n) is 5.52. The predicted octanol–water partition coefficient (Wildman–Crippen LogP) is 4.93. The van der Waals surface area contributed by atoms with E-state index in [2.05, 4.69) is 5.73 Å². The normalized spacial score (nSPS) is 17.1. The quantitative estimate of drug-likeness (QED) is 0.482. The summed E-state index contributed by atoms with van der Waals surface area (Å²) in [5.74, 6) is -64.4. The molecule has 0 saturated carbocycles. The number of primary amides is 1. The standard InChI is InChI=1S/C11H5F17NO/c1-2(3(29)30)4(12,13)5(14,15)6(16,17)7(18,19)8(20,21)9(22,23)10(24,25)11(26,27)28/h2H,1H2,(H2,29,30). The minimum atomic E-state index is -8.72. The van der Waals surface area contributed by atoms with Gasteiger partial charge < -0.3 is 5.73 Å². The molecule has 0 aromatic rings. The molecule has 179 valence electrons.